The Bertz CT molecular complexity index is 803. The zero-order valence-corrected chi connectivity index (χ0v) is 13.3. The number of fused-ring (bicyclic) bond motifs is 1. The first-order valence-corrected chi connectivity index (χ1v) is 7.77. The van der Waals surface area contributed by atoms with Gasteiger partial charge in [0.25, 0.3) is 0 Å². The van der Waals surface area contributed by atoms with E-state index in [4.69, 9.17) is 9.47 Å². The molecule has 112 valence electrons. The van der Waals surface area contributed by atoms with E-state index in [0.29, 0.717) is 11.5 Å². The molecule has 0 spiro atoms. The van der Waals surface area contributed by atoms with Gasteiger partial charge in [0.1, 0.15) is 17.2 Å². The van der Waals surface area contributed by atoms with Crippen LogP contribution in [0, 0.1) is 6.92 Å². The summed E-state index contributed by atoms with van der Waals surface area (Å²) in [7, 11) is 1.39. The molecule has 3 rings (SSSR count). The maximum absolute atomic E-state index is 11.6. The first-order chi connectivity index (χ1) is 10.7. The van der Waals surface area contributed by atoms with Crippen LogP contribution in [-0.4, -0.2) is 13.1 Å². The zero-order valence-electron chi connectivity index (χ0n) is 12.5. The lowest BCUT2D eigenvalue weighted by molar-refractivity contribution is 0.0606. The zero-order chi connectivity index (χ0) is 15.5. The second kappa shape index (κ2) is 6.20. The van der Waals surface area contributed by atoms with Crippen molar-refractivity contribution in [1.29, 1.82) is 0 Å². The van der Waals surface area contributed by atoms with Gasteiger partial charge < -0.3 is 9.47 Å². The summed E-state index contributed by atoms with van der Waals surface area (Å²) in [6.45, 7) is 2.59. The number of rotatable bonds is 4. The molecular weight excluding hydrogens is 296 g/mol. The Morgan fingerprint density at radius 2 is 1.86 bits per heavy atom. The molecule has 2 aromatic carbocycles. The molecule has 0 atom stereocenters. The highest BCUT2D eigenvalue weighted by atomic mass is 32.1. The highest BCUT2D eigenvalue weighted by Gasteiger charge is 2.10. The maximum atomic E-state index is 11.6. The Kier molecular flexibility index (Phi) is 4.11. The third-order valence-corrected chi connectivity index (χ3v) is 4.48. The quantitative estimate of drug-likeness (QED) is 0.662. The molecule has 0 aliphatic heterocycles. The average Bonchev–Trinajstić information content (AvgIpc) is 2.96. The molecule has 0 saturated heterocycles. The van der Waals surface area contributed by atoms with Gasteiger partial charge in [-0.3, -0.25) is 0 Å². The largest absolute Gasteiger partial charge is 0.489 e. The minimum absolute atomic E-state index is 0.302. The fourth-order valence-electron chi connectivity index (χ4n) is 2.15. The Balaban J connectivity index is 1.76. The summed E-state index contributed by atoms with van der Waals surface area (Å²) < 4.78 is 11.6. The molecule has 1 heterocycles. The van der Waals surface area contributed by atoms with Gasteiger partial charge in [0.15, 0.2) is 0 Å². The van der Waals surface area contributed by atoms with E-state index in [0.717, 1.165) is 21.4 Å². The molecule has 22 heavy (non-hydrogen) atoms. The van der Waals surface area contributed by atoms with Crippen LogP contribution in [0.25, 0.3) is 10.1 Å². The van der Waals surface area contributed by atoms with E-state index in [2.05, 4.69) is 31.2 Å². The lowest BCUT2D eigenvalue weighted by atomic mass is 10.2. The SMILES string of the molecule is COC(=O)c1cc2ccc(OCc3ccc(C)cc3)cc2s1. The van der Waals surface area contributed by atoms with Crippen molar-refractivity contribution < 1.29 is 14.3 Å². The molecule has 3 aromatic rings. The van der Waals surface area contributed by atoms with Crippen molar-refractivity contribution in [2.45, 2.75) is 13.5 Å². The third kappa shape index (κ3) is 3.12. The Morgan fingerprint density at radius 3 is 2.59 bits per heavy atom. The summed E-state index contributed by atoms with van der Waals surface area (Å²) in [4.78, 5) is 12.2. The van der Waals surface area contributed by atoms with E-state index in [-0.39, 0.29) is 5.97 Å². The van der Waals surface area contributed by atoms with E-state index >= 15 is 0 Å². The van der Waals surface area contributed by atoms with Crippen molar-refractivity contribution in [3.05, 3.63) is 64.5 Å². The summed E-state index contributed by atoms with van der Waals surface area (Å²) in [5.41, 5.74) is 2.37. The third-order valence-electron chi connectivity index (χ3n) is 3.40. The van der Waals surface area contributed by atoms with E-state index in [1.807, 2.05) is 24.3 Å². The lowest BCUT2D eigenvalue weighted by Gasteiger charge is -2.06. The van der Waals surface area contributed by atoms with Crippen LogP contribution in [0.1, 0.15) is 20.8 Å². The van der Waals surface area contributed by atoms with E-state index in [1.54, 1.807) is 0 Å². The Morgan fingerprint density at radius 1 is 1.09 bits per heavy atom. The molecule has 0 amide bonds. The lowest BCUT2D eigenvalue weighted by Crippen LogP contribution is -1.96. The topological polar surface area (TPSA) is 35.5 Å². The van der Waals surface area contributed by atoms with Crippen LogP contribution in [0.5, 0.6) is 5.75 Å². The second-order valence-electron chi connectivity index (χ2n) is 5.08. The summed E-state index contributed by atoms with van der Waals surface area (Å²) in [5, 5.41) is 1.02. The highest BCUT2D eigenvalue weighted by Crippen LogP contribution is 2.29. The molecule has 0 bridgehead atoms. The Hall–Kier alpha value is -2.33. The highest BCUT2D eigenvalue weighted by molar-refractivity contribution is 7.20. The molecule has 0 radical (unpaired) electrons. The molecule has 1 aromatic heterocycles. The number of hydrogen-bond donors (Lipinski definition) is 0. The number of carbonyl (C=O) groups excluding carboxylic acids is 1. The minimum Gasteiger partial charge on any atom is -0.489 e. The summed E-state index contributed by atoms with van der Waals surface area (Å²) in [6, 6.07) is 16.0. The fourth-order valence-corrected chi connectivity index (χ4v) is 3.16. The fraction of sp³-hybridized carbons (Fsp3) is 0.167. The van der Waals surface area contributed by atoms with E-state index in [1.165, 1.54) is 24.0 Å². The average molecular weight is 312 g/mol. The number of ether oxygens (including phenoxy) is 2. The molecule has 0 saturated carbocycles. The predicted octanol–water partition coefficient (Wildman–Crippen LogP) is 4.58. The van der Waals surface area contributed by atoms with Crippen LogP contribution in [0.3, 0.4) is 0 Å². The Labute approximate surface area is 133 Å². The molecule has 4 heteroatoms. The normalized spacial score (nSPS) is 10.6. The number of hydrogen-bond acceptors (Lipinski definition) is 4. The van der Waals surface area contributed by atoms with Crippen LogP contribution in [0.15, 0.2) is 48.5 Å². The van der Waals surface area contributed by atoms with Gasteiger partial charge in [-0.05, 0) is 42.1 Å². The van der Waals surface area contributed by atoms with Gasteiger partial charge in [0.2, 0.25) is 0 Å². The molecule has 0 aliphatic rings. The van der Waals surface area contributed by atoms with Crippen molar-refractivity contribution >= 4 is 27.4 Å². The number of benzene rings is 2. The van der Waals surface area contributed by atoms with E-state index in [9.17, 15) is 4.79 Å². The van der Waals surface area contributed by atoms with Crippen molar-refractivity contribution in [2.24, 2.45) is 0 Å². The number of methoxy groups -OCH3 is 1. The summed E-state index contributed by atoms with van der Waals surface area (Å²) >= 11 is 1.41. The second-order valence-corrected chi connectivity index (χ2v) is 6.16. The van der Waals surface area contributed by atoms with Crippen LogP contribution in [0.2, 0.25) is 0 Å². The number of thiophene rings is 1. The monoisotopic (exact) mass is 312 g/mol. The van der Waals surface area contributed by atoms with Crippen LogP contribution in [0.4, 0.5) is 0 Å². The molecule has 3 nitrogen and oxygen atoms in total. The standard InChI is InChI=1S/C18H16O3S/c1-12-3-5-13(6-4-12)11-21-15-8-7-14-9-17(18(19)20-2)22-16(14)10-15/h3-10H,11H2,1-2H3. The van der Waals surface area contributed by atoms with E-state index < -0.39 is 0 Å². The molecule has 0 aliphatic carbocycles. The minimum atomic E-state index is -0.302. The van der Waals surface area contributed by atoms with Crippen molar-refractivity contribution in [1.82, 2.24) is 0 Å². The summed E-state index contributed by atoms with van der Waals surface area (Å²) in [5.74, 6) is 0.495. The van der Waals surface area contributed by atoms with Crippen LogP contribution >= 0.6 is 11.3 Å². The molecule has 0 fully saturated rings. The molecule has 0 N–H and O–H groups in total. The smallest absolute Gasteiger partial charge is 0.348 e. The van der Waals surface area contributed by atoms with Crippen molar-refractivity contribution in [2.75, 3.05) is 7.11 Å². The maximum Gasteiger partial charge on any atom is 0.348 e. The van der Waals surface area contributed by atoms with Gasteiger partial charge >= 0.3 is 5.97 Å². The van der Waals surface area contributed by atoms with Gasteiger partial charge in [0.05, 0.1) is 7.11 Å². The molecule has 0 unspecified atom stereocenters. The van der Waals surface area contributed by atoms with Gasteiger partial charge in [-0.1, -0.05) is 29.8 Å². The van der Waals surface area contributed by atoms with Crippen molar-refractivity contribution in [3.8, 4) is 5.75 Å². The van der Waals surface area contributed by atoms with Gasteiger partial charge in [-0.25, -0.2) is 4.79 Å². The van der Waals surface area contributed by atoms with Gasteiger partial charge in [-0.15, -0.1) is 11.3 Å². The first-order valence-electron chi connectivity index (χ1n) is 6.96. The van der Waals surface area contributed by atoms with Gasteiger partial charge in [-0.2, -0.15) is 0 Å². The van der Waals surface area contributed by atoms with Gasteiger partial charge in [0, 0.05) is 4.70 Å². The molecular formula is C18H16O3S. The van der Waals surface area contributed by atoms with Crippen LogP contribution in [-0.2, 0) is 11.3 Å². The van der Waals surface area contributed by atoms with Crippen molar-refractivity contribution in [3.63, 3.8) is 0 Å². The number of aryl methyl sites for hydroxylation is 1. The predicted molar refractivity (Wildman–Crippen MR) is 88.7 cm³/mol. The van der Waals surface area contributed by atoms with Crippen LogP contribution < -0.4 is 4.74 Å². The first kappa shape index (κ1) is 14.6. The number of carbonyl (C=O) groups is 1. The number of esters is 1. The summed E-state index contributed by atoms with van der Waals surface area (Å²) in [6.07, 6.45) is 0.